The minimum atomic E-state index is -0.168. The summed E-state index contributed by atoms with van der Waals surface area (Å²) in [6.07, 6.45) is 1.07. The molecule has 1 saturated heterocycles. The molecule has 0 spiro atoms. The Kier molecular flexibility index (Phi) is 5.03. The molecule has 21 heavy (non-hydrogen) atoms. The molecule has 2 atom stereocenters. The number of nitrogens with zero attached hydrogens (tertiary/aromatic N) is 1. The van der Waals surface area contributed by atoms with Gasteiger partial charge in [-0.05, 0) is 42.9 Å². The van der Waals surface area contributed by atoms with Gasteiger partial charge in [-0.25, -0.2) is 0 Å². The van der Waals surface area contributed by atoms with Gasteiger partial charge in [-0.15, -0.1) is 0 Å². The zero-order valence-electron chi connectivity index (χ0n) is 13.0. The van der Waals surface area contributed by atoms with E-state index in [0.717, 1.165) is 30.6 Å². The zero-order chi connectivity index (χ0) is 15.4. The highest BCUT2D eigenvalue weighted by Crippen LogP contribution is 2.24. The molecule has 1 aromatic carbocycles. The predicted octanol–water partition coefficient (Wildman–Crippen LogP) is 2.46. The van der Waals surface area contributed by atoms with E-state index in [1.54, 1.807) is 0 Å². The number of piperidine rings is 1. The quantitative estimate of drug-likeness (QED) is 0.805. The molecule has 1 heterocycles. The van der Waals surface area contributed by atoms with E-state index in [4.69, 9.17) is 5.11 Å². The molecule has 1 aromatic rings. The second-order valence-electron chi connectivity index (χ2n) is 5.98. The monoisotopic (exact) mass is 285 g/mol. The first-order valence-electron chi connectivity index (χ1n) is 7.52. The third-order valence-corrected chi connectivity index (χ3v) is 4.41. The maximum atomic E-state index is 12.6. The fourth-order valence-electron chi connectivity index (χ4n) is 2.65. The fraction of sp³-hybridized carbons (Fsp3) is 0.500. The van der Waals surface area contributed by atoms with Crippen LogP contribution < -0.4 is 0 Å². The summed E-state index contributed by atoms with van der Waals surface area (Å²) in [5, 5.41) is 8.81. The number of likely N-dealkylation sites (tertiary alicyclic amines) is 1. The van der Waals surface area contributed by atoms with Gasteiger partial charge in [0.25, 0.3) is 5.91 Å². The first-order chi connectivity index (χ1) is 10.0. The van der Waals surface area contributed by atoms with Gasteiger partial charge >= 0.3 is 0 Å². The third kappa shape index (κ3) is 3.65. The van der Waals surface area contributed by atoms with Crippen molar-refractivity contribution in [1.29, 1.82) is 0 Å². The second-order valence-corrected chi connectivity index (χ2v) is 5.98. The van der Waals surface area contributed by atoms with Gasteiger partial charge in [-0.1, -0.05) is 31.8 Å². The summed E-state index contributed by atoms with van der Waals surface area (Å²) in [5.74, 6) is 6.86. The number of hydrogen-bond acceptors (Lipinski definition) is 2. The number of rotatable bonds is 1. The lowest BCUT2D eigenvalue weighted by atomic mass is 9.88. The van der Waals surface area contributed by atoms with Crippen LogP contribution in [0.2, 0.25) is 0 Å². The summed E-state index contributed by atoms with van der Waals surface area (Å²) in [6.45, 7) is 7.90. The Morgan fingerprint density at radius 2 is 2.14 bits per heavy atom. The predicted molar refractivity (Wildman–Crippen MR) is 84.0 cm³/mol. The van der Waals surface area contributed by atoms with Gasteiger partial charge in [0.2, 0.25) is 0 Å². The maximum absolute atomic E-state index is 12.6. The molecule has 3 nitrogen and oxygen atoms in total. The standard InChI is InChI=1S/C18H23NO2/c1-13-8-9-19(12-15(13)3)18(21)17-7-6-14(2)16(11-17)5-4-10-20/h6-7,11,13,15,20H,8-10,12H2,1-3H3. The number of amides is 1. The van der Waals surface area contributed by atoms with Gasteiger partial charge < -0.3 is 10.0 Å². The third-order valence-electron chi connectivity index (χ3n) is 4.41. The summed E-state index contributed by atoms with van der Waals surface area (Å²) < 4.78 is 0. The van der Waals surface area contributed by atoms with Crippen molar-refractivity contribution in [2.24, 2.45) is 11.8 Å². The smallest absolute Gasteiger partial charge is 0.253 e. The molecule has 1 aliphatic heterocycles. The van der Waals surface area contributed by atoms with E-state index in [-0.39, 0.29) is 12.5 Å². The minimum absolute atomic E-state index is 0.0841. The highest BCUT2D eigenvalue weighted by molar-refractivity contribution is 5.94. The summed E-state index contributed by atoms with van der Waals surface area (Å²) in [5.41, 5.74) is 2.52. The second kappa shape index (κ2) is 6.78. The summed E-state index contributed by atoms with van der Waals surface area (Å²) in [6, 6.07) is 5.62. The van der Waals surface area contributed by atoms with Crippen LogP contribution in [0.15, 0.2) is 18.2 Å². The fourth-order valence-corrected chi connectivity index (χ4v) is 2.65. The van der Waals surface area contributed by atoms with Crippen LogP contribution in [0.25, 0.3) is 0 Å². The number of hydrogen-bond donors (Lipinski definition) is 1. The molecule has 1 fully saturated rings. The molecule has 112 valence electrons. The van der Waals surface area contributed by atoms with Gasteiger partial charge in [0.15, 0.2) is 0 Å². The van der Waals surface area contributed by atoms with Crippen LogP contribution in [0.4, 0.5) is 0 Å². The first-order valence-corrected chi connectivity index (χ1v) is 7.52. The van der Waals surface area contributed by atoms with Crippen LogP contribution in [0.3, 0.4) is 0 Å². The lowest BCUT2D eigenvalue weighted by Crippen LogP contribution is -2.42. The zero-order valence-corrected chi connectivity index (χ0v) is 13.0. The highest BCUT2D eigenvalue weighted by Gasteiger charge is 2.26. The van der Waals surface area contributed by atoms with Crippen LogP contribution in [0.5, 0.6) is 0 Å². The van der Waals surface area contributed by atoms with Gasteiger partial charge in [0.05, 0.1) is 0 Å². The SMILES string of the molecule is Cc1ccc(C(=O)N2CCC(C)C(C)C2)cc1C#CCO. The number of carbonyl (C=O) groups excluding carboxylic acids is 1. The summed E-state index contributed by atoms with van der Waals surface area (Å²) in [4.78, 5) is 14.6. The van der Waals surface area contributed by atoms with Crippen LogP contribution in [0.1, 0.15) is 41.8 Å². The molecular formula is C18H23NO2. The number of aliphatic hydroxyl groups excluding tert-OH is 1. The van der Waals surface area contributed by atoms with Gasteiger partial charge in [0, 0.05) is 24.2 Å². The van der Waals surface area contributed by atoms with E-state index in [9.17, 15) is 4.79 Å². The van der Waals surface area contributed by atoms with Crippen LogP contribution in [-0.4, -0.2) is 35.6 Å². The van der Waals surface area contributed by atoms with Crippen molar-refractivity contribution in [1.82, 2.24) is 4.90 Å². The van der Waals surface area contributed by atoms with Crippen molar-refractivity contribution in [3.63, 3.8) is 0 Å². The molecule has 2 rings (SSSR count). The Morgan fingerprint density at radius 1 is 1.38 bits per heavy atom. The van der Waals surface area contributed by atoms with E-state index in [1.807, 2.05) is 30.0 Å². The van der Waals surface area contributed by atoms with Crippen molar-refractivity contribution in [2.75, 3.05) is 19.7 Å². The molecule has 0 saturated carbocycles. The van der Waals surface area contributed by atoms with Crippen LogP contribution >= 0.6 is 0 Å². The van der Waals surface area contributed by atoms with Crippen molar-refractivity contribution in [3.05, 3.63) is 34.9 Å². The average Bonchev–Trinajstić information content (AvgIpc) is 2.48. The minimum Gasteiger partial charge on any atom is -0.384 e. The van der Waals surface area contributed by atoms with E-state index in [2.05, 4.69) is 25.7 Å². The first kappa shape index (κ1) is 15.6. The molecule has 0 aliphatic carbocycles. The van der Waals surface area contributed by atoms with Crippen LogP contribution in [0, 0.1) is 30.6 Å². The Hall–Kier alpha value is -1.79. The molecule has 1 aliphatic rings. The normalized spacial score (nSPS) is 21.6. The lowest BCUT2D eigenvalue weighted by molar-refractivity contribution is 0.0627. The average molecular weight is 285 g/mol. The molecule has 3 heteroatoms. The highest BCUT2D eigenvalue weighted by atomic mass is 16.2. The number of aryl methyl sites for hydroxylation is 1. The largest absolute Gasteiger partial charge is 0.384 e. The summed E-state index contributed by atoms with van der Waals surface area (Å²) >= 11 is 0. The molecule has 0 aromatic heterocycles. The Labute approximate surface area is 127 Å². The van der Waals surface area contributed by atoms with Crippen molar-refractivity contribution in [2.45, 2.75) is 27.2 Å². The van der Waals surface area contributed by atoms with E-state index < -0.39 is 0 Å². The van der Waals surface area contributed by atoms with Crippen molar-refractivity contribution >= 4 is 5.91 Å². The van der Waals surface area contributed by atoms with Gasteiger partial charge in [-0.2, -0.15) is 0 Å². The van der Waals surface area contributed by atoms with E-state index in [1.165, 1.54) is 0 Å². The van der Waals surface area contributed by atoms with Crippen molar-refractivity contribution < 1.29 is 9.90 Å². The summed E-state index contributed by atoms with van der Waals surface area (Å²) in [7, 11) is 0. The molecule has 1 N–H and O–H groups in total. The Bertz CT molecular complexity index is 583. The number of benzene rings is 1. The number of aliphatic hydroxyl groups is 1. The van der Waals surface area contributed by atoms with Gasteiger partial charge in [-0.3, -0.25) is 4.79 Å². The Morgan fingerprint density at radius 3 is 2.81 bits per heavy atom. The lowest BCUT2D eigenvalue weighted by Gasteiger charge is -2.35. The van der Waals surface area contributed by atoms with E-state index in [0.29, 0.717) is 17.4 Å². The maximum Gasteiger partial charge on any atom is 0.253 e. The topological polar surface area (TPSA) is 40.5 Å². The Balaban J connectivity index is 2.20. The number of carbonyl (C=O) groups is 1. The van der Waals surface area contributed by atoms with E-state index >= 15 is 0 Å². The molecule has 2 unspecified atom stereocenters. The van der Waals surface area contributed by atoms with Crippen LogP contribution in [-0.2, 0) is 0 Å². The molecular weight excluding hydrogens is 262 g/mol. The van der Waals surface area contributed by atoms with Gasteiger partial charge in [0.1, 0.15) is 6.61 Å². The molecule has 0 bridgehead atoms. The molecule has 0 radical (unpaired) electrons. The van der Waals surface area contributed by atoms with Crippen molar-refractivity contribution in [3.8, 4) is 11.8 Å². The molecule has 1 amide bonds.